The lowest BCUT2D eigenvalue weighted by atomic mass is 9.60. The number of ketones is 2. The van der Waals surface area contributed by atoms with Crippen LogP contribution in [0.15, 0.2) is 74.2 Å². The average molecular weight is 578 g/mol. The van der Waals surface area contributed by atoms with E-state index in [2.05, 4.69) is 15.9 Å². The number of hydrogen-bond acceptors (Lipinski definition) is 8. The summed E-state index contributed by atoms with van der Waals surface area (Å²) < 4.78 is 5.97. The van der Waals surface area contributed by atoms with Crippen LogP contribution in [0.25, 0.3) is 0 Å². The SMILES string of the molecule is O=C1C=C(Br)C(=O)C2=C1C(c1ccc(CO)o1)C1=CCC3C(=O)N(c4cccc(B(O)O)c4)C(=O)C3C1C2. The molecule has 0 bridgehead atoms. The Labute approximate surface area is 225 Å². The third-order valence-corrected chi connectivity index (χ3v) is 8.47. The van der Waals surface area contributed by atoms with E-state index in [1.165, 1.54) is 24.3 Å². The number of fused-ring (bicyclic) bond motifs is 3. The van der Waals surface area contributed by atoms with Crippen molar-refractivity contribution in [3.05, 3.63) is 81.3 Å². The van der Waals surface area contributed by atoms with E-state index in [4.69, 9.17) is 4.42 Å². The largest absolute Gasteiger partial charge is 0.488 e. The number of amides is 2. The number of rotatable bonds is 4. The molecular formula is C27H21BBrNO8. The van der Waals surface area contributed by atoms with Crippen LogP contribution in [0.1, 0.15) is 30.3 Å². The predicted octanol–water partition coefficient (Wildman–Crippen LogP) is 1.42. The van der Waals surface area contributed by atoms with Gasteiger partial charge in [-0.1, -0.05) is 23.8 Å². The molecule has 1 aromatic carbocycles. The summed E-state index contributed by atoms with van der Waals surface area (Å²) in [6.45, 7) is -0.340. The summed E-state index contributed by atoms with van der Waals surface area (Å²) in [5.74, 6) is -3.57. The number of aliphatic hydroxyl groups is 1. The quantitative estimate of drug-likeness (QED) is 0.214. The summed E-state index contributed by atoms with van der Waals surface area (Å²) in [5, 5.41) is 28.7. The van der Waals surface area contributed by atoms with Crippen LogP contribution in [0.3, 0.4) is 0 Å². The summed E-state index contributed by atoms with van der Waals surface area (Å²) in [6, 6.07) is 9.22. The van der Waals surface area contributed by atoms with E-state index in [1.54, 1.807) is 18.2 Å². The van der Waals surface area contributed by atoms with Crippen LogP contribution in [-0.4, -0.2) is 45.7 Å². The first-order chi connectivity index (χ1) is 18.2. The molecule has 0 saturated carbocycles. The van der Waals surface area contributed by atoms with Crippen LogP contribution in [0.4, 0.5) is 5.69 Å². The fourth-order valence-corrected chi connectivity index (χ4v) is 6.69. The number of Topliss-reactive ketones (excluding diaryl/α,β-unsaturated/α-hetero) is 1. The number of carbonyl (C=O) groups is 4. The predicted molar refractivity (Wildman–Crippen MR) is 138 cm³/mol. The number of aliphatic hydroxyl groups excluding tert-OH is 1. The van der Waals surface area contributed by atoms with Crippen LogP contribution in [0, 0.1) is 17.8 Å². The molecule has 6 rings (SSSR count). The van der Waals surface area contributed by atoms with Gasteiger partial charge in [0.15, 0.2) is 11.6 Å². The van der Waals surface area contributed by atoms with Gasteiger partial charge in [0.1, 0.15) is 18.1 Å². The third kappa shape index (κ3) is 3.64. The third-order valence-electron chi connectivity index (χ3n) is 7.88. The Morgan fingerprint density at radius 1 is 1.05 bits per heavy atom. The lowest BCUT2D eigenvalue weighted by Crippen LogP contribution is -2.39. The number of furan rings is 1. The van der Waals surface area contributed by atoms with E-state index < -0.39 is 42.6 Å². The second kappa shape index (κ2) is 9.13. The van der Waals surface area contributed by atoms with E-state index in [0.29, 0.717) is 11.5 Å². The Morgan fingerprint density at radius 2 is 1.84 bits per heavy atom. The Bertz CT molecular complexity index is 1520. The molecule has 2 heterocycles. The average Bonchev–Trinajstić information content (AvgIpc) is 3.48. The Balaban J connectivity index is 1.45. The van der Waals surface area contributed by atoms with Crippen molar-refractivity contribution in [2.45, 2.75) is 25.4 Å². The first-order valence-electron chi connectivity index (χ1n) is 12.1. The molecule has 4 unspecified atom stereocenters. The molecule has 1 aromatic heterocycles. The van der Waals surface area contributed by atoms with Gasteiger partial charge in [0, 0.05) is 17.2 Å². The van der Waals surface area contributed by atoms with Gasteiger partial charge >= 0.3 is 7.12 Å². The number of halogens is 1. The van der Waals surface area contributed by atoms with E-state index >= 15 is 0 Å². The molecule has 3 aliphatic carbocycles. The van der Waals surface area contributed by atoms with Crippen molar-refractivity contribution in [3.8, 4) is 0 Å². The fourth-order valence-electron chi connectivity index (χ4n) is 6.25. The molecule has 1 aliphatic heterocycles. The van der Waals surface area contributed by atoms with Crippen LogP contribution < -0.4 is 10.4 Å². The molecular weight excluding hydrogens is 557 g/mol. The molecule has 0 radical (unpaired) electrons. The van der Waals surface area contributed by atoms with Crippen molar-refractivity contribution in [3.63, 3.8) is 0 Å². The molecule has 4 aliphatic rings. The maximum atomic E-state index is 13.9. The molecule has 3 N–H and O–H groups in total. The summed E-state index contributed by atoms with van der Waals surface area (Å²) in [6.07, 6.45) is 3.48. The second-order valence-electron chi connectivity index (χ2n) is 9.84. The number of anilines is 1. The molecule has 4 atom stereocenters. The molecule has 1 saturated heterocycles. The second-order valence-corrected chi connectivity index (χ2v) is 10.7. The van der Waals surface area contributed by atoms with E-state index in [-0.39, 0.29) is 57.8 Å². The maximum absolute atomic E-state index is 13.9. The zero-order chi connectivity index (χ0) is 26.9. The number of benzene rings is 1. The molecule has 38 heavy (non-hydrogen) atoms. The van der Waals surface area contributed by atoms with Crippen LogP contribution in [0.2, 0.25) is 0 Å². The van der Waals surface area contributed by atoms with Crippen molar-refractivity contribution in [2.24, 2.45) is 17.8 Å². The zero-order valence-corrected chi connectivity index (χ0v) is 21.4. The smallest absolute Gasteiger partial charge is 0.463 e. The lowest BCUT2D eigenvalue weighted by Gasteiger charge is -2.41. The topological polar surface area (TPSA) is 145 Å². The number of allylic oxidation sites excluding steroid dienone is 6. The highest BCUT2D eigenvalue weighted by Crippen LogP contribution is 2.55. The van der Waals surface area contributed by atoms with Gasteiger partial charge in [0.25, 0.3) is 0 Å². The molecule has 1 fully saturated rings. The van der Waals surface area contributed by atoms with Gasteiger partial charge in [0.05, 0.1) is 27.9 Å². The van der Waals surface area contributed by atoms with E-state index in [9.17, 15) is 34.3 Å². The van der Waals surface area contributed by atoms with Gasteiger partial charge in [-0.25, -0.2) is 0 Å². The van der Waals surface area contributed by atoms with Gasteiger partial charge in [-0.15, -0.1) is 0 Å². The van der Waals surface area contributed by atoms with Crippen molar-refractivity contribution in [1.82, 2.24) is 0 Å². The highest BCUT2D eigenvalue weighted by molar-refractivity contribution is 9.12. The van der Waals surface area contributed by atoms with Crippen molar-refractivity contribution < 1.29 is 38.7 Å². The summed E-state index contributed by atoms with van der Waals surface area (Å²) in [4.78, 5) is 54.8. The van der Waals surface area contributed by atoms with Gasteiger partial charge < -0.3 is 19.6 Å². The van der Waals surface area contributed by atoms with Gasteiger partial charge in [-0.2, -0.15) is 0 Å². The normalized spacial score (nSPS) is 26.7. The summed E-state index contributed by atoms with van der Waals surface area (Å²) in [7, 11) is -1.76. The number of hydrogen-bond donors (Lipinski definition) is 3. The lowest BCUT2D eigenvalue weighted by molar-refractivity contribution is -0.123. The van der Waals surface area contributed by atoms with Crippen molar-refractivity contribution in [2.75, 3.05) is 4.90 Å². The molecule has 192 valence electrons. The van der Waals surface area contributed by atoms with E-state index in [0.717, 1.165) is 10.5 Å². The monoisotopic (exact) mass is 577 g/mol. The van der Waals surface area contributed by atoms with Crippen LogP contribution in [-0.2, 0) is 25.8 Å². The number of imide groups is 1. The Morgan fingerprint density at radius 3 is 2.55 bits per heavy atom. The highest BCUT2D eigenvalue weighted by Gasteiger charge is 2.57. The Kier molecular flexibility index (Phi) is 5.99. The minimum absolute atomic E-state index is 0.113. The van der Waals surface area contributed by atoms with Crippen LogP contribution >= 0.6 is 15.9 Å². The zero-order valence-electron chi connectivity index (χ0n) is 19.8. The minimum Gasteiger partial charge on any atom is -0.463 e. The fraction of sp³-hybridized carbons (Fsp3) is 0.259. The maximum Gasteiger partial charge on any atom is 0.488 e. The van der Waals surface area contributed by atoms with Crippen molar-refractivity contribution in [1.29, 1.82) is 0 Å². The first kappa shape index (κ1) is 24.9. The Hall–Kier alpha value is -3.38. The van der Waals surface area contributed by atoms with E-state index in [1.807, 2.05) is 6.08 Å². The molecule has 2 amide bonds. The number of nitrogens with zero attached hydrogens (tertiary/aromatic N) is 1. The standard InChI is InChI=1S/C27H21BBrNO8/c29-19-10-20(32)23-18(25(19)33)9-17-15(24(23)21-7-4-14(11-31)38-21)5-6-16-22(17)27(35)30(26(16)34)13-3-1-2-12(8-13)28(36)37/h1-5,7-8,10,16-17,22,24,31,36-37H,6,9,11H2. The van der Waals surface area contributed by atoms with Gasteiger partial charge in [-0.05, 0) is 64.4 Å². The molecule has 2 aromatic rings. The summed E-state index contributed by atoms with van der Waals surface area (Å²) >= 11 is 3.19. The van der Waals surface area contributed by atoms with Crippen LogP contribution in [0.5, 0.6) is 0 Å². The van der Waals surface area contributed by atoms with Crippen molar-refractivity contribution >= 4 is 57.6 Å². The minimum atomic E-state index is -1.76. The first-order valence-corrected chi connectivity index (χ1v) is 12.9. The molecule has 11 heteroatoms. The summed E-state index contributed by atoms with van der Waals surface area (Å²) in [5.41, 5.74) is 1.69. The van der Waals surface area contributed by atoms with Gasteiger partial charge in [-0.3, -0.25) is 24.1 Å². The van der Waals surface area contributed by atoms with Gasteiger partial charge in [0.2, 0.25) is 11.8 Å². The number of carbonyl (C=O) groups excluding carboxylic acids is 4. The molecule has 9 nitrogen and oxygen atoms in total. The highest BCUT2D eigenvalue weighted by atomic mass is 79.9. The molecule has 0 spiro atoms.